The van der Waals surface area contributed by atoms with Crippen LogP contribution in [0, 0.1) is 0 Å². The van der Waals surface area contributed by atoms with Crippen LogP contribution in [-0.2, 0) is 38.0 Å². The zero-order chi connectivity index (χ0) is 27.9. The van der Waals surface area contributed by atoms with Crippen molar-refractivity contribution in [1.82, 2.24) is 10.2 Å². The highest BCUT2D eigenvalue weighted by Crippen LogP contribution is 2.26. The number of anilines is 1. The minimum Gasteiger partial charge on any atom is -0.357 e. The third kappa shape index (κ3) is 7.68. The molecule has 3 rings (SSSR count). The molecule has 0 heterocycles. The van der Waals surface area contributed by atoms with Gasteiger partial charge >= 0.3 is 0 Å². The second-order valence-corrected chi connectivity index (χ2v) is 12.3. The molecular weight excluding hydrogens is 498 g/mol. The fourth-order valence-corrected chi connectivity index (χ4v) is 5.09. The van der Waals surface area contributed by atoms with Gasteiger partial charge in [-0.15, -0.1) is 0 Å². The van der Waals surface area contributed by atoms with Crippen molar-refractivity contribution >= 4 is 27.5 Å². The molecule has 3 aromatic rings. The van der Waals surface area contributed by atoms with Gasteiger partial charge in [-0.2, -0.15) is 0 Å². The Labute approximate surface area is 226 Å². The molecule has 8 heteroatoms. The molecule has 0 fully saturated rings. The standard InChI is InChI=1S/C30H37N3O4S/c1-30(2,3)25-16-18-26(19-17-25)33(38(5,36)37)22-28(34)32(21-24-14-10-7-11-15-24)27(29(35)31-4)20-23-12-8-6-9-13-23/h6-19,27H,20-22H2,1-5H3,(H,31,35)/t27-/m1/s1. The summed E-state index contributed by atoms with van der Waals surface area (Å²) in [7, 11) is -2.26. The number of carbonyl (C=O) groups excluding carboxylic acids is 2. The lowest BCUT2D eigenvalue weighted by molar-refractivity contribution is -0.139. The second kappa shape index (κ2) is 12.3. The minimum atomic E-state index is -3.79. The molecule has 0 aliphatic rings. The Morgan fingerprint density at radius 2 is 1.37 bits per heavy atom. The molecule has 0 unspecified atom stereocenters. The van der Waals surface area contributed by atoms with Crippen molar-refractivity contribution in [2.24, 2.45) is 0 Å². The summed E-state index contributed by atoms with van der Waals surface area (Å²) in [6.07, 6.45) is 1.37. The molecule has 2 amide bonds. The number of hydrogen-bond acceptors (Lipinski definition) is 4. The Bertz CT molecular complexity index is 1320. The van der Waals surface area contributed by atoms with Gasteiger partial charge in [-0.3, -0.25) is 13.9 Å². The van der Waals surface area contributed by atoms with Crippen LogP contribution in [0.1, 0.15) is 37.5 Å². The number of amides is 2. The Morgan fingerprint density at radius 3 is 1.84 bits per heavy atom. The van der Waals surface area contributed by atoms with E-state index in [9.17, 15) is 18.0 Å². The van der Waals surface area contributed by atoms with E-state index in [0.717, 1.165) is 27.3 Å². The van der Waals surface area contributed by atoms with E-state index in [2.05, 4.69) is 26.1 Å². The fourth-order valence-electron chi connectivity index (χ4n) is 4.24. The third-order valence-corrected chi connectivity index (χ3v) is 7.55. The van der Waals surface area contributed by atoms with Gasteiger partial charge < -0.3 is 10.2 Å². The number of likely N-dealkylation sites (N-methyl/N-ethyl adjacent to an activating group) is 1. The average Bonchev–Trinajstić information content (AvgIpc) is 2.89. The predicted octanol–water partition coefficient (Wildman–Crippen LogP) is 4.14. The Morgan fingerprint density at radius 1 is 0.842 bits per heavy atom. The van der Waals surface area contributed by atoms with Crippen LogP contribution in [0.3, 0.4) is 0 Å². The first-order chi connectivity index (χ1) is 17.9. The zero-order valence-corrected chi connectivity index (χ0v) is 23.5. The van der Waals surface area contributed by atoms with E-state index >= 15 is 0 Å². The highest BCUT2D eigenvalue weighted by atomic mass is 32.2. The second-order valence-electron chi connectivity index (χ2n) is 10.4. The van der Waals surface area contributed by atoms with Gasteiger partial charge in [0.25, 0.3) is 0 Å². The van der Waals surface area contributed by atoms with Crippen molar-refractivity contribution in [3.05, 3.63) is 102 Å². The SMILES string of the molecule is CNC(=O)[C@@H](Cc1ccccc1)N(Cc1ccccc1)C(=O)CN(c1ccc(C(C)(C)C)cc1)S(C)(=O)=O. The van der Waals surface area contributed by atoms with Gasteiger partial charge in [-0.1, -0.05) is 93.6 Å². The molecule has 0 saturated heterocycles. The highest BCUT2D eigenvalue weighted by molar-refractivity contribution is 7.92. The summed E-state index contributed by atoms with van der Waals surface area (Å²) in [6.45, 7) is 5.96. The predicted molar refractivity (Wildman–Crippen MR) is 152 cm³/mol. The van der Waals surface area contributed by atoms with E-state index < -0.39 is 28.5 Å². The molecule has 0 radical (unpaired) electrons. The largest absolute Gasteiger partial charge is 0.357 e. The first-order valence-corrected chi connectivity index (χ1v) is 14.4. The summed E-state index contributed by atoms with van der Waals surface area (Å²) in [5, 5.41) is 2.68. The van der Waals surface area contributed by atoms with Crippen LogP contribution < -0.4 is 9.62 Å². The summed E-state index contributed by atoms with van der Waals surface area (Å²) in [5.41, 5.74) is 3.07. The van der Waals surface area contributed by atoms with E-state index in [-0.39, 0.29) is 24.3 Å². The maximum atomic E-state index is 13.9. The molecule has 0 spiro atoms. The Balaban J connectivity index is 2.00. The quantitative estimate of drug-likeness (QED) is 0.423. The number of hydrogen-bond donors (Lipinski definition) is 1. The van der Waals surface area contributed by atoms with Crippen molar-refractivity contribution in [2.45, 2.75) is 45.2 Å². The van der Waals surface area contributed by atoms with E-state index in [4.69, 9.17) is 0 Å². The number of nitrogens with one attached hydrogen (secondary N) is 1. The van der Waals surface area contributed by atoms with E-state index in [1.165, 1.54) is 11.9 Å². The van der Waals surface area contributed by atoms with E-state index in [0.29, 0.717) is 5.69 Å². The van der Waals surface area contributed by atoms with E-state index in [1.54, 1.807) is 12.1 Å². The molecule has 38 heavy (non-hydrogen) atoms. The molecule has 0 aromatic heterocycles. The lowest BCUT2D eigenvalue weighted by Crippen LogP contribution is -2.52. The average molecular weight is 536 g/mol. The van der Waals surface area contributed by atoms with Crippen molar-refractivity contribution in [1.29, 1.82) is 0 Å². The molecule has 0 aliphatic carbocycles. The molecule has 0 saturated carbocycles. The molecular formula is C30H37N3O4S. The van der Waals surface area contributed by atoms with Gasteiger partial charge in [-0.25, -0.2) is 8.42 Å². The summed E-state index contributed by atoms with van der Waals surface area (Å²) in [4.78, 5) is 28.5. The van der Waals surface area contributed by atoms with Gasteiger partial charge in [0.15, 0.2) is 0 Å². The third-order valence-electron chi connectivity index (χ3n) is 6.41. The molecule has 0 bridgehead atoms. The molecule has 202 valence electrons. The van der Waals surface area contributed by atoms with Crippen molar-refractivity contribution < 1.29 is 18.0 Å². The minimum absolute atomic E-state index is 0.102. The summed E-state index contributed by atoms with van der Waals surface area (Å²) in [6, 6.07) is 25.2. The van der Waals surface area contributed by atoms with E-state index in [1.807, 2.05) is 72.8 Å². The van der Waals surface area contributed by atoms with Gasteiger partial charge in [0.05, 0.1) is 11.9 Å². The maximum absolute atomic E-state index is 13.9. The van der Waals surface area contributed by atoms with Crippen LogP contribution >= 0.6 is 0 Å². The maximum Gasteiger partial charge on any atom is 0.244 e. The van der Waals surface area contributed by atoms with Crippen molar-refractivity contribution in [2.75, 3.05) is 24.2 Å². The van der Waals surface area contributed by atoms with Crippen molar-refractivity contribution in [3.63, 3.8) is 0 Å². The summed E-state index contributed by atoms with van der Waals surface area (Å²) < 4.78 is 26.8. The van der Waals surface area contributed by atoms with Crippen LogP contribution in [0.4, 0.5) is 5.69 Å². The number of benzene rings is 3. The van der Waals surface area contributed by atoms with Gasteiger partial charge in [0, 0.05) is 20.0 Å². The molecule has 0 aliphatic heterocycles. The van der Waals surface area contributed by atoms with Gasteiger partial charge in [-0.05, 0) is 34.2 Å². The van der Waals surface area contributed by atoms with Crippen LogP contribution in [0.2, 0.25) is 0 Å². The molecule has 1 atom stereocenters. The molecule has 3 aromatic carbocycles. The normalized spacial score (nSPS) is 12.4. The number of carbonyl (C=O) groups is 2. The zero-order valence-electron chi connectivity index (χ0n) is 22.7. The van der Waals surface area contributed by atoms with Crippen LogP contribution in [0.15, 0.2) is 84.9 Å². The van der Waals surface area contributed by atoms with Crippen molar-refractivity contribution in [3.8, 4) is 0 Å². The Hall–Kier alpha value is -3.65. The molecule has 7 nitrogen and oxygen atoms in total. The fraction of sp³-hybridized carbons (Fsp3) is 0.333. The number of nitrogens with zero attached hydrogens (tertiary/aromatic N) is 2. The monoisotopic (exact) mass is 535 g/mol. The lowest BCUT2D eigenvalue weighted by Gasteiger charge is -2.33. The topological polar surface area (TPSA) is 86.8 Å². The number of sulfonamides is 1. The smallest absolute Gasteiger partial charge is 0.244 e. The summed E-state index contributed by atoms with van der Waals surface area (Å²) in [5.74, 6) is -0.790. The van der Waals surface area contributed by atoms with Gasteiger partial charge in [0.1, 0.15) is 12.6 Å². The number of rotatable bonds is 10. The summed E-state index contributed by atoms with van der Waals surface area (Å²) >= 11 is 0. The first kappa shape index (κ1) is 28.9. The van der Waals surface area contributed by atoms with Crippen LogP contribution in [-0.4, -0.2) is 51.0 Å². The highest BCUT2D eigenvalue weighted by Gasteiger charge is 2.32. The van der Waals surface area contributed by atoms with Crippen LogP contribution in [0.5, 0.6) is 0 Å². The molecule has 1 N–H and O–H groups in total. The Kier molecular flexibility index (Phi) is 9.33. The first-order valence-electron chi connectivity index (χ1n) is 12.6. The van der Waals surface area contributed by atoms with Crippen LogP contribution in [0.25, 0.3) is 0 Å². The van der Waals surface area contributed by atoms with Gasteiger partial charge in [0.2, 0.25) is 21.8 Å². The lowest BCUT2D eigenvalue weighted by atomic mass is 9.87.